The van der Waals surface area contributed by atoms with Gasteiger partial charge in [0.2, 0.25) is 0 Å². The first-order valence-corrected chi connectivity index (χ1v) is 7.10. The van der Waals surface area contributed by atoms with Gasteiger partial charge in [-0.2, -0.15) is 0 Å². The van der Waals surface area contributed by atoms with Crippen LogP contribution in [0.15, 0.2) is 30.9 Å². The van der Waals surface area contributed by atoms with Gasteiger partial charge in [0.15, 0.2) is 0 Å². The van der Waals surface area contributed by atoms with E-state index in [0.717, 1.165) is 31.5 Å². The SMILES string of the molecule is C=CCCOCCNC(=O)c1ccc2c(c1)CNCC2. The minimum atomic E-state index is -0.0364. The summed E-state index contributed by atoms with van der Waals surface area (Å²) in [4.78, 5) is 12.0. The molecule has 2 N–H and O–H groups in total. The van der Waals surface area contributed by atoms with E-state index in [9.17, 15) is 4.79 Å². The number of nitrogens with one attached hydrogen (secondary N) is 2. The monoisotopic (exact) mass is 274 g/mol. The van der Waals surface area contributed by atoms with Crippen LogP contribution < -0.4 is 10.6 Å². The lowest BCUT2D eigenvalue weighted by molar-refractivity contribution is 0.0918. The van der Waals surface area contributed by atoms with Crippen LogP contribution in [0.1, 0.15) is 27.9 Å². The van der Waals surface area contributed by atoms with Crippen molar-refractivity contribution in [3.63, 3.8) is 0 Å². The average Bonchev–Trinajstić information content (AvgIpc) is 2.50. The summed E-state index contributed by atoms with van der Waals surface area (Å²) in [5, 5.41) is 6.19. The van der Waals surface area contributed by atoms with Crippen molar-refractivity contribution in [3.05, 3.63) is 47.5 Å². The fraction of sp³-hybridized carbons (Fsp3) is 0.438. The van der Waals surface area contributed by atoms with Gasteiger partial charge in [-0.05, 0) is 42.6 Å². The van der Waals surface area contributed by atoms with E-state index in [4.69, 9.17) is 4.74 Å². The highest BCUT2D eigenvalue weighted by Crippen LogP contribution is 2.15. The molecule has 108 valence electrons. The van der Waals surface area contributed by atoms with Crippen molar-refractivity contribution in [2.24, 2.45) is 0 Å². The predicted molar refractivity (Wildman–Crippen MR) is 79.8 cm³/mol. The first-order chi connectivity index (χ1) is 9.81. The summed E-state index contributed by atoms with van der Waals surface area (Å²) >= 11 is 0. The Morgan fingerprint density at radius 3 is 3.15 bits per heavy atom. The van der Waals surface area contributed by atoms with Gasteiger partial charge in [0, 0.05) is 18.7 Å². The predicted octanol–water partition coefficient (Wildman–Crippen LogP) is 1.65. The summed E-state index contributed by atoms with van der Waals surface area (Å²) in [6.45, 7) is 7.21. The summed E-state index contributed by atoms with van der Waals surface area (Å²) in [6.07, 6.45) is 3.69. The summed E-state index contributed by atoms with van der Waals surface area (Å²) in [7, 11) is 0. The highest BCUT2D eigenvalue weighted by atomic mass is 16.5. The number of carbonyl (C=O) groups excluding carboxylic acids is 1. The van der Waals surface area contributed by atoms with E-state index in [1.54, 1.807) is 0 Å². The normalized spacial score (nSPS) is 13.6. The quantitative estimate of drug-likeness (QED) is 0.587. The molecule has 2 rings (SSSR count). The van der Waals surface area contributed by atoms with Crippen molar-refractivity contribution in [2.75, 3.05) is 26.3 Å². The Bertz CT molecular complexity index is 472. The lowest BCUT2D eigenvalue weighted by Crippen LogP contribution is -2.28. The number of rotatable bonds is 7. The molecule has 1 aliphatic heterocycles. The molecular weight excluding hydrogens is 252 g/mol. The number of amides is 1. The van der Waals surface area contributed by atoms with Crippen LogP contribution in [0.5, 0.6) is 0 Å². The lowest BCUT2D eigenvalue weighted by atomic mass is 9.98. The zero-order valence-corrected chi connectivity index (χ0v) is 11.8. The van der Waals surface area contributed by atoms with Crippen molar-refractivity contribution >= 4 is 5.91 Å². The molecule has 0 saturated carbocycles. The van der Waals surface area contributed by atoms with E-state index in [-0.39, 0.29) is 5.91 Å². The van der Waals surface area contributed by atoms with Crippen LogP contribution >= 0.6 is 0 Å². The van der Waals surface area contributed by atoms with E-state index in [2.05, 4.69) is 23.3 Å². The number of ether oxygens (including phenoxy) is 1. The number of hydrogen-bond acceptors (Lipinski definition) is 3. The third-order valence-corrected chi connectivity index (χ3v) is 3.35. The van der Waals surface area contributed by atoms with Gasteiger partial charge in [-0.25, -0.2) is 0 Å². The van der Waals surface area contributed by atoms with Crippen molar-refractivity contribution in [2.45, 2.75) is 19.4 Å². The van der Waals surface area contributed by atoms with Gasteiger partial charge >= 0.3 is 0 Å². The van der Waals surface area contributed by atoms with Gasteiger partial charge in [-0.15, -0.1) is 6.58 Å². The average molecular weight is 274 g/mol. The molecule has 0 fully saturated rings. The number of fused-ring (bicyclic) bond motifs is 1. The van der Waals surface area contributed by atoms with E-state index in [0.29, 0.717) is 19.8 Å². The molecule has 0 aliphatic carbocycles. The minimum absolute atomic E-state index is 0.0364. The zero-order chi connectivity index (χ0) is 14.2. The topological polar surface area (TPSA) is 50.4 Å². The van der Waals surface area contributed by atoms with E-state index < -0.39 is 0 Å². The van der Waals surface area contributed by atoms with Crippen molar-refractivity contribution in [1.82, 2.24) is 10.6 Å². The maximum atomic E-state index is 12.0. The second-order valence-corrected chi connectivity index (χ2v) is 4.86. The molecule has 0 aromatic heterocycles. The van der Waals surface area contributed by atoms with Crippen LogP contribution in [0.25, 0.3) is 0 Å². The molecule has 1 aromatic carbocycles. The molecule has 0 bridgehead atoms. The number of carbonyl (C=O) groups is 1. The van der Waals surface area contributed by atoms with Crippen LogP contribution in [-0.2, 0) is 17.7 Å². The first kappa shape index (κ1) is 14.8. The van der Waals surface area contributed by atoms with Gasteiger partial charge < -0.3 is 15.4 Å². The molecule has 1 aromatic rings. The highest BCUT2D eigenvalue weighted by molar-refractivity contribution is 5.94. The Morgan fingerprint density at radius 2 is 2.30 bits per heavy atom. The van der Waals surface area contributed by atoms with Crippen LogP contribution in [-0.4, -0.2) is 32.2 Å². The fourth-order valence-corrected chi connectivity index (χ4v) is 2.23. The molecule has 1 heterocycles. The van der Waals surface area contributed by atoms with Gasteiger partial charge in [0.05, 0.1) is 13.2 Å². The van der Waals surface area contributed by atoms with Gasteiger partial charge in [-0.3, -0.25) is 4.79 Å². The summed E-state index contributed by atoms with van der Waals surface area (Å²) in [6, 6.07) is 5.94. The molecule has 20 heavy (non-hydrogen) atoms. The summed E-state index contributed by atoms with van der Waals surface area (Å²) in [5.41, 5.74) is 3.29. The maximum absolute atomic E-state index is 12.0. The van der Waals surface area contributed by atoms with E-state index in [1.165, 1.54) is 11.1 Å². The van der Waals surface area contributed by atoms with Gasteiger partial charge in [0.1, 0.15) is 0 Å². The second-order valence-electron chi connectivity index (χ2n) is 4.86. The van der Waals surface area contributed by atoms with Crippen molar-refractivity contribution in [3.8, 4) is 0 Å². The smallest absolute Gasteiger partial charge is 0.251 e. The highest BCUT2D eigenvalue weighted by Gasteiger charge is 2.12. The van der Waals surface area contributed by atoms with Crippen LogP contribution in [0.4, 0.5) is 0 Å². The molecule has 4 nitrogen and oxygen atoms in total. The molecular formula is C16H22N2O2. The van der Waals surface area contributed by atoms with Crippen LogP contribution in [0, 0.1) is 0 Å². The molecule has 0 atom stereocenters. The Labute approximate surface area is 120 Å². The first-order valence-electron chi connectivity index (χ1n) is 7.10. The maximum Gasteiger partial charge on any atom is 0.251 e. The van der Waals surface area contributed by atoms with E-state index in [1.807, 2.05) is 18.2 Å². The zero-order valence-electron chi connectivity index (χ0n) is 11.8. The Balaban J connectivity index is 1.79. The number of benzene rings is 1. The Kier molecular flexibility index (Phi) is 5.77. The number of hydrogen-bond donors (Lipinski definition) is 2. The standard InChI is InChI=1S/C16H22N2O2/c1-2-3-9-20-10-8-18-16(19)14-5-4-13-6-7-17-12-15(13)11-14/h2,4-5,11,17H,1,3,6-10,12H2,(H,18,19). The van der Waals surface area contributed by atoms with Gasteiger partial charge in [-0.1, -0.05) is 12.1 Å². The molecule has 1 amide bonds. The van der Waals surface area contributed by atoms with Gasteiger partial charge in [0.25, 0.3) is 5.91 Å². The third kappa shape index (κ3) is 4.18. The molecule has 4 heteroatoms. The van der Waals surface area contributed by atoms with Crippen LogP contribution in [0.2, 0.25) is 0 Å². The van der Waals surface area contributed by atoms with Crippen LogP contribution in [0.3, 0.4) is 0 Å². The summed E-state index contributed by atoms with van der Waals surface area (Å²) < 4.78 is 5.35. The molecule has 1 aliphatic rings. The Morgan fingerprint density at radius 1 is 1.40 bits per heavy atom. The molecule has 0 unspecified atom stereocenters. The van der Waals surface area contributed by atoms with Crippen molar-refractivity contribution in [1.29, 1.82) is 0 Å². The lowest BCUT2D eigenvalue weighted by Gasteiger charge is -2.17. The molecule has 0 spiro atoms. The largest absolute Gasteiger partial charge is 0.379 e. The third-order valence-electron chi connectivity index (χ3n) is 3.35. The second kappa shape index (κ2) is 7.82. The molecule has 0 radical (unpaired) electrons. The minimum Gasteiger partial charge on any atom is -0.379 e. The van der Waals surface area contributed by atoms with Crippen molar-refractivity contribution < 1.29 is 9.53 Å². The Hall–Kier alpha value is -1.65. The fourth-order valence-electron chi connectivity index (χ4n) is 2.23. The summed E-state index contributed by atoms with van der Waals surface area (Å²) in [5.74, 6) is -0.0364. The molecule has 0 saturated heterocycles. The van der Waals surface area contributed by atoms with E-state index >= 15 is 0 Å².